The van der Waals surface area contributed by atoms with Crippen LogP contribution < -0.4 is 5.32 Å². The van der Waals surface area contributed by atoms with Crippen LogP contribution in [-0.4, -0.2) is 73.9 Å². The minimum atomic E-state index is 0.203. The molecule has 1 aliphatic rings. The van der Waals surface area contributed by atoms with Gasteiger partial charge in [-0.3, -0.25) is 0 Å². The molecule has 108 valence electrons. The van der Waals surface area contributed by atoms with Crippen molar-refractivity contribution >= 4 is 0 Å². The summed E-state index contributed by atoms with van der Waals surface area (Å²) in [5.74, 6) is 0. The van der Waals surface area contributed by atoms with E-state index >= 15 is 0 Å². The minimum Gasteiger partial charge on any atom is -0.395 e. The van der Waals surface area contributed by atoms with Crippen LogP contribution in [0, 0.1) is 0 Å². The molecule has 1 unspecified atom stereocenters. The maximum absolute atomic E-state index is 9.38. The summed E-state index contributed by atoms with van der Waals surface area (Å²) in [7, 11) is 6.54. The highest BCUT2D eigenvalue weighted by Gasteiger charge is 2.39. The zero-order chi connectivity index (χ0) is 13.6. The van der Waals surface area contributed by atoms with Gasteiger partial charge in [0.05, 0.1) is 6.61 Å². The molecule has 0 aromatic carbocycles. The highest BCUT2D eigenvalue weighted by Crippen LogP contribution is 2.36. The van der Waals surface area contributed by atoms with Crippen molar-refractivity contribution in [1.82, 2.24) is 15.1 Å². The van der Waals surface area contributed by atoms with Gasteiger partial charge in [-0.15, -0.1) is 0 Å². The molecular weight excluding hydrogens is 226 g/mol. The Morgan fingerprint density at radius 2 is 1.94 bits per heavy atom. The van der Waals surface area contributed by atoms with Gasteiger partial charge < -0.3 is 20.2 Å². The van der Waals surface area contributed by atoms with Crippen molar-refractivity contribution in [3.63, 3.8) is 0 Å². The van der Waals surface area contributed by atoms with Crippen LogP contribution in [0.2, 0.25) is 0 Å². The fourth-order valence-electron chi connectivity index (χ4n) is 2.81. The van der Waals surface area contributed by atoms with E-state index in [4.69, 9.17) is 0 Å². The van der Waals surface area contributed by atoms with E-state index in [0.717, 1.165) is 26.1 Å². The smallest absolute Gasteiger partial charge is 0.0597 e. The molecular formula is C14H31N3O. The molecule has 0 aliphatic heterocycles. The van der Waals surface area contributed by atoms with E-state index in [1.807, 2.05) is 0 Å². The van der Waals surface area contributed by atoms with Crippen molar-refractivity contribution < 1.29 is 5.11 Å². The maximum atomic E-state index is 9.38. The Morgan fingerprint density at radius 3 is 2.33 bits per heavy atom. The van der Waals surface area contributed by atoms with Gasteiger partial charge in [0.1, 0.15) is 0 Å². The second-order valence-corrected chi connectivity index (χ2v) is 6.00. The Morgan fingerprint density at radius 1 is 1.28 bits per heavy atom. The number of nitrogens with one attached hydrogen (secondary N) is 1. The van der Waals surface area contributed by atoms with Crippen molar-refractivity contribution in [3.8, 4) is 0 Å². The number of hydrogen-bond acceptors (Lipinski definition) is 4. The molecule has 0 amide bonds. The van der Waals surface area contributed by atoms with Gasteiger partial charge in [-0.1, -0.05) is 6.92 Å². The van der Waals surface area contributed by atoms with E-state index in [1.165, 1.54) is 19.3 Å². The molecule has 0 aromatic rings. The van der Waals surface area contributed by atoms with Crippen LogP contribution in [-0.2, 0) is 0 Å². The largest absolute Gasteiger partial charge is 0.395 e. The fourth-order valence-corrected chi connectivity index (χ4v) is 2.81. The second kappa shape index (κ2) is 7.43. The molecule has 18 heavy (non-hydrogen) atoms. The molecule has 0 saturated heterocycles. The quantitative estimate of drug-likeness (QED) is 0.640. The summed E-state index contributed by atoms with van der Waals surface area (Å²) in [5, 5.41) is 12.8. The van der Waals surface area contributed by atoms with Crippen LogP contribution in [0.1, 0.15) is 32.6 Å². The van der Waals surface area contributed by atoms with Crippen molar-refractivity contribution in [3.05, 3.63) is 0 Å². The summed E-state index contributed by atoms with van der Waals surface area (Å²) in [4.78, 5) is 4.74. The zero-order valence-electron chi connectivity index (χ0n) is 12.6. The predicted octanol–water partition coefficient (Wildman–Crippen LogP) is 0.763. The normalized spacial score (nSPS) is 20.2. The first-order valence-electron chi connectivity index (χ1n) is 7.24. The summed E-state index contributed by atoms with van der Waals surface area (Å²) in [6.07, 6.45) is 5.07. The van der Waals surface area contributed by atoms with Crippen LogP contribution in [0.25, 0.3) is 0 Å². The van der Waals surface area contributed by atoms with Gasteiger partial charge in [-0.05, 0) is 53.4 Å². The van der Waals surface area contributed by atoms with E-state index in [-0.39, 0.29) is 12.6 Å². The lowest BCUT2D eigenvalue weighted by Gasteiger charge is -2.49. The van der Waals surface area contributed by atoms with E-state index in [2.05, 4.69) is 43.2 Å². The summed E-state index contributed by atoms with van der Waals surface area (Å²) in [5.41, 5.74) is 0.375. The monoisotopic (exact) mass is 257 g/mol. The maximum Gasteiger partial charge on any atom is 0.0597 e. The average Bonchev–Trinajstić information content (AvgIpc) is 2.28. The number of aliphatic hydroxyl groups excluding tert-OH is 1. The van der Waals surface area contributed by atoms with Crippen molar-refractivity contribution in [2.75, 3.05) is 47.4 Å². The molecule has 0 bridgehead atoms. The topological polar surface area (TPSA) is 38.7 Å². The van der Waals surface area contributed by atoms with Crippen LogP contribution >= 0.6 is 0 Å². The van der Waals surface area contributed by atoms with Crippen LogP contribution in [0.15, 0.2) is 0 Å². The first-order chi connectivity index (χ1) is 8.54. The molecule has 0 heterocycles. The summed E-state index contributed by atoms with van der Waals surface area (Å²) in [6, 6.07) is 0.203. The molecule has 0 radical (unpaired) electrons. The van der Waals surface area contributed by atoms with Gasteiger partial charge in [0, 0.05) is 24.7 Å². The predicted molar refractivity (Wildman–Crippen MR) is 76.9 cm³/mol. The van der Waals surface area contributed by atoms with Crippen molar-refractivity contribution in [2.24, 2.45) is 0 Å². The number of aliphatic hydroxyl groups is 1. The third-order valence-corrected chi connectivity index (χ3v) is 4.23. The molecule has 4 heteroatoms. The first kappa shape index (κ1) is 15.9. The molecule has 0 spiro atoms. The third kappa shape index (κ3) is 4.19. The fraction of sp³-hybridized carbons (Fsp3) is 1.00. The molecule has 4 nitrogen and oxygen atoms in total. The van der Waals surface area contributed by atoms with Gasteiger partial charge in [-0.25, -0.2) is 0 Å². The Balaban J connectivity index is 2.37. The second-order valence-electron chi connectivity index (χ2n) is 6.00. The van der Waals surface area contributed by atoms with Gasteiger partial charge in [0.15, 0.2) is 0 Å². The molecule has 1 rings (SSSR count). The number of rotatable bonds is 9. The van der Waals surface area contributed by atoms with Crippen LogP contribution in [0.5, 0.6) is 0 Å². The summed E-state index contributed by atoms with van der Waals surface area (Å²) < 4.78 is 0. The van der Waals surface area contributed by atoms with Crippen molar-refractivity contribution in [2.45, 2.75) is 44.2 Å². The van der Waals surface area contributed by atoms with Gasteiger partial charge in [-0.2, -0.15) is 0 Å². The molecule has 0 aromatic heterocycles. The first-order valence-corrected chi connectivity index (χ1v) is 7.24. The Labute approximate surface area is 112 Å². The number of nitrogens with zero attached hydrogens (tertiary/aromatic N) is 2. The molecule has 1 atom stereocenters. The third-order valence-electron chi connectivity index (χ3n) is 4.23. The highest BCUT2D eigenvalue weighted by atomic mass is 16.3. The van der Waals surface area contributed by atoms with Gasteiger partial charge >= 0.3 is 0 Å². The highest BCUT2D eigenvalue weighted by molar-refractivity contribution is 4.98. The van der Waals surface area contributed by atoms with E-state index in [9.17, 15) is 5.11 Å². The van der Waals surface area contributed by atoms with Crippen LogP contribution in [0.3, 0.4) is 0 Å². The molecule has 1 aliphatic carbocycles. The summed E-state index contributed by atoms with van der Waals surface area (Å²) >= 11 is 0. The Bertz CT molecular complexity index is 229. The zero-order valence-corrected chi connectivity index (χ0v) is 12.6. The lowest BCUT2D eigenvalue weighted by Crippen LogP contribution is -2.58. The van der Waals surface area contributed by atoms with E-state index in [0.29, 0.717) is 5.54 Å². The average molecular weight is 257 g/mol. The Hall–Kier alpha value is -0.160. The van der Waals surface area contributed by atoms with Crippen LogP contribution in [0.4, 0.5) is 0 Å². The standard InChI is InChI=1S/C14H31N3O/c1-5-9-15-13(11-18)10-17(4)12-14(16(2)3)7-6-8-14/h13,15,18H,5-12H2,1-4H3. The molecule has 2 N–H and O–H groups in total. The SMILES string of the molecule is CCCNC(CO)CN(C)CC1(N(C)C)CCC1. The van der Waals surface area contributed by atoms with E-state index < -0.39 is 0 Å². The van der Waals surface area contributed by atoms with Gasteiger partial charge in [0.2, 0.25) is 0 Å². The van der Waals surface area contributed by atoms with Gasteiger partial charge in [0.25, 0.3) is 0 Å². The number of hydrogen-bond donors (Lipinski definition) is 2. The Kier molecular flexibility index (Phi) is 6.57. The molecule has 1 saturated carbocycles. The van der Waals surface area contributed by atoms with E-state index in [1.54, 1.807) is 0 Å². The lowest BCUT2D eigenvalue weighted by molar-refractivity contribution is 0.0237. The molecule has 1 fully saturated rings. The lowest BCUT2D eigenvalue weighted by atomic mass is 9.75. The van der Waals surface area contributed by atoms with Crippen molar-refractivity contribution in [1.29, 1.82) is 0 Å². The summed E-state index contributed by atoms with van der Waals surface area (Å²) in [6.45, 7) is 5.38. The number of likely N-dealkylation sites (N-methyl/N-ethyl adjacent to an activating group) is 2. The minimum absolute atomic E-state index is 0.203.